The second-order valence-corrected chi connectivity index (χ2v) is 12.0. The highest BCUT2D eigenvalue weighted by Crippen LogP contribution is 2.54. The lowest BCUT2D eigenvalue weighted by atomic mass is 9.83. The van der Waals surface area contributed by atoms with Crippen molar-refractivity contribution in [3.05, 3.63) is 104 Å². The van der Waals surface area contributed by atoms with E-state index in [1.807, 2.05) is 31.2 Å². The maximum absolute atomic E-state index is 13.9. The van der Waals surface area contributed by atoms with E-state index in [0.29, 0.717) is 21.3 Å². The van der Waals surface area contributed by atoms with Gasteiger partial charge in [-0.05, 0) is 61.0 Å². The number of hydrogen-bond acceptors (Lipinski definition) is 7. The largest absolute Gasteiger partial charge is 0.497 e. The van der Waals surface area contributed by atoms with E-state index in [9.17, 15) is 23.6 Å². The normalized spacial score (nSPS) is 19.6. The third-order valence-electron chi connectivity index (χ3n) is 7.25. The van der Waals surface area contributed by atoms with Crippen molar-refractivity contribution in [1.82, 2.24) is 4.57 Å². The fraction of sp³-hybridized carbons (Fsp3) is 0.200. The number of carbonyl (C=O) groups is 3. The summed E-state index contributed by atoms with van der Waals surface area (Å²) in [5, 5.41) is 2.46. The molecule has 3 unspecified atom stereocenters. The Bertz CT molecular complexity index is 1720. The summed E-state index contributed by atoms with van der Waals surface area (Å²) in [4.78, 5) is 55.2. The summed E-state index contributed by atoms with van der Waals surface area (Å²) < 4.78 is 20.3. The van der Waals surface area contributed by atoms with Gasteiger partial charge in [0.25, 0.3) is 0 Å². The van der Waals surface area contributed by atoms with E-state index >= 15 is 0 Å². The maximum atomic E-state index is 13.9. The number of imide groups is 1. The van der Waals surface area contributed by atoms with E-state index < -0.39 is 34.7 Å². The summed E-state index contributed by atoms with van der Waals surface area (Å²) in [6, 6.07) is 19.7. The van der Waals surface area contributed by atoms with Gasteiger partial charge in [-0.3, -0.25) is 23.7 Å². The molecule has 3 atom stereocenters. The fourth-order valence-corrected chi connectivity index (χ4v) is 8.02. The number of thioether (sulfide) groups is 1. The number of nitrogens with one attached hydrogen (secondary N) is 1. The first-order chi connectivity index (χ1) is 19.7. The first-order valence-electron chi connectivity index (χ1n) is 12.8. The van der Waals surface area contributed by atoms with Crippen LogP contribution < -0.4 is 19.8 Å². The van der Waals surface area contributed by atoms with Gasteiger partial charge in [0, 0.05) is 16.5 Å². The van der Waals surface area contributed by atoms with Crippen molar-refractivity contribution >= 4 is 52.2 Å². The van der Waals surface area contributed by atoms with Crippen molar-refractivity contribution in [3.63, 3.8) is 0 Å². The zero-order valence-corrected chi connectivity index (χ0v) is 23.6. The number of ether oxygens (including phenoxy) is 1. The molecule has 8 nitrogen and oxygen atoms in total. The Morgan fingerprint density at radius 2 is 1.63 bits per heavy atom. The van der Waals surface area contributed by atoms with Gasteiger partial charge in [-0.15, -0.1) is 0 Å². The molecule has 6 rings (SSSR count). The number of halogens is 1. The van der Waals surface area contributed by atoms with E-state index in [1.54, 1.807) is 31.4 Å². The minimum absolute atomic E-state index is 0.248. The number of rotatable bonds is 6. The van der Waals surface area contributed by atoms with Crippen LogP contribution in [0.3, 0.4) is 0 Å². The van der Waals surface area contributed by atoms with Crippen LogP contribution in [0.1, 0.15) is 21.9 Å². The molecular weight excluding hydrogens is 565 g/mol. The topological polar surface area (TPSA) is 97.7 Å². The molecule has 11 heteroatoms. The average Bonchev–Trinajstić information content (AvgIpc) is 3.41. The third-order valence-corrected chi connectivity index (χ3v) is 9.85. The molecule has 3 heterocycles. The molecule has 1 fully saturated rings. The zero-order valence-electron chi connectivity index (χ0n) is 22.0. The van der Waals surface area contributed by atoms with Crippen LogP contribution in [0.2, 0.25) is 0 Å². The number of carbonyl (C=O) groups excluding carboxylic acids is 3. The van der Waals surface area contributed by atoms with Crippen LogP contribution in [-0.2, 0) is 20.9 Å². The van der Waals surface area contributed by atoms with Gasteiger partial charge in [0.2, 0.25) is 17.7 Å². The summed E-state index contributed by atoms with van der Waals surface area (Å²) >= 11 is 2.10. The summed E-state index contributed by atoms with van der Waals surface area (Å²) in [5.74, 6) is -2.52. The molecule has 3 amide bonds. The number of hydrogen-bond donors (Lipinski definition) is 1. The molecular formula is C30H24FN3O5S2. The Balaban J connectivity index is 1.40. The highest BCUT2D eigenvalue weighted by Gasteiger charge is 2.56. The summed E-state index contributed by atoms with van der Waals surface area (Å²) in [5.41, 5.74) is 2.67. The zero-order chi connectivity index (χ0) is 28.8. The Morgan fingerprint density at radius 1 is 0.951 bits per heavy atom. The Hall–Kier alpha value is -4.22. The van der Waals surface area contributed by atoms with Crippen LogP contribution in [0.5, 0.6) is 5.75 Å². The molecule has 0 spiro atoms. The smallest absolute Gasteiger partial charge is 0.308 e. The lowest BCUT2D eigenvalue weighted by molar-refractivity contribution is -0.122. The van der Waals surface area contributed by atoms with Crippen LogP contribution >= 0.6 is 23.1 Å². The molecule has 41 heavy (non-hydrogen) atoms. The van der Waals surface area contributed by atoms with Crippen molar-refractivity contribution in [2.45, 2.75) is 29.7 Å². The summed E-state index contributed by atoms with van der Waals surface area (Å²) in [6.45, 7) is 1.70. The van der Waals surface area contributed by atoms with Gasteiger partial charge in [-0.25, -0.2) is 9.29 Å². The highest BCUT2D eigenvalue weighted by atomic mass is 32.2. The fourth-order valence-electron chi connectivity index (χ4n) is 5.25. The van der Waals surface area contributed by atoms with Crippen molar-refractivity contribution in [2.75, 3.05) is 17.3 Å². The minimum Gasteiger partial charge on any atom is -0.497 e. The summed E-state index contributed by atoms with van der Waals surface area (Å²) in [7, 11) is 1.55. The lowest BCUT2D eigenvalue weighted by Gasteiger charge is -2.30. The standard InChI is InChI=1S/C30H24FN3O5S2/c1-16-3-9-19(10-4-16)32-22(35)15-33-29-26(41-30(33)38)23(17-5-13-21(39-2)14-6-17)24-25(40-29)28(37)34(27(24)36)20-11-7-18(31)8-12-20/h3-14,23-25H,15H2,1-2H3,(H,32,35). The first kappa shape index (κ1) is 27.0. The molecule has 0 saturated carbocycles. The van der Waals surface area contributed by atoms with Crippen molar-refractivity contribution in [1.29, 1.82) is 0 Å². The molecule has 1 N–H and O–H groups in total. The van der Waals surface area contributed by atoms with Gasteiger partial charge < -0.3 is 10.1 Å². The maximum Gasteiger partial charge on any atom is 0.308 e. The van der Waals surface area contributed by atoms with Gasteiger partial charge >= 0.3 is 4.87 Å². The Labute approximate surface area is 242 Å². The van der Waals surface area contributed by atoms with Gasteiger partial charge in [-0.2, -0.15) is 0 Å². The number of thiazole rings is 1. The van der Waals surface area contributed by atoms with Gasteiger partial charge in [0.05, 0.1) is 23.7 Å². The quantitative estimate of drug-likeness (QED) is 0.325. The number of methoxy groups -OCH3 is 1. The van der Waals surface area contributed by atoms with Crippen LogP contribution in [-0.4, -0.2) is 34.6 Å². The number of amides is 3. The van der Waals surface area contributed by atoms with E-state index in [2.05, 4.69) is 5.32 Å². The van der Waals surface area contributed by atoms with Crippen molar-refractivity contribution < 1.29 is 23.5 Å². The SMILES string of the molecule is COc1ccc(C2c3sc(=O)n(CC(=O)Nc4ccc(C)cc4)c3SC3C(=O)N(c4ccc(F)cc4)C(=O)C32)cc1. The number of aromatic nitrogens is 1. The van der Waals surface area contributed by atoms with Crippen molar-refractivity contribution in [3.8, 4) is 5.75 Å². The monoisotopic (exact) mass is 589 g/mol. The molecule has 208 valence electrons. The van der Waals surface area contributed by atoms with Crippen LogP contribution in [0, 0.1) is 18.7 Å². The van der Waals surface area contributed by atoms with E-state index in [0.717, 1.165) is 39.1 Å². The predicted molar refractivity (Wildman–Crippen MR) is 155 cm³/mol. The molecule has 4 aromatic rings. The number of aryl methyl sites for hydroxylation is 1. The van der Waals surface area contributed by atoms with Gasteiger partial charge in [0.1, 0.15) is 23.4 Å². The second kappa shape index (κ2) is 10.6. The molecule has 0 radical (unpaired) electrons. The number of nitrogens with zero attached hydrogens (tertiary/aromatic N) is 2. The van der Waals surface area contributed by atoms with Gasteiger partial charge in [-0.1, -0.05) is 52.9 Å². The average molecular weight is 590 g/mol. The van der Waals surface area contributed by atoms with Crippen LogP contribution in [0.4, 0.5) is 15.8 Å². The summed E-state index contributed by atoms with van der Waals surface area (Å²) in [6.07, 6.45) is 0. The Morgan fingerprint density at radius 3 is 2.29 bits per heavy atom. The third kappa shape index (κ3) is 4.85. The molecule has 2 aliphatic heterocycles. The number of fused-ring (bicyclic) bond motifs is 2. The molecule has 0 aliphatic carbocycles. The van der Waals surface area contributed by atoms with Crippen LogP contribution in [0.15, 0.2) is 82.6 Å². The lowest BCUT2D eigenvalue weighted by Crippen LogP contribution is -2.33. The Kier molecular flexibility index (Phi) is 7.00. The molecule has 1 aromatic heterocycles. The molecule has 0 bridgehead atoms. The number of benzene rings is 3. The minimum atomic E-state index is -0.840. The second-order valence-electron chi connectivity index (χ2n) is 9.84. The van der Waals surface area contributed by atoms with E-state index in [-0.39, 0.29) is 23.0 Å². The predicted octanol–water partition coefficient (Wildman–Crippen LogP) is 4.80. The molecule has 1 saturated heterocycles. The molecule has 2 aliphatic rings. The van der Waals surface area contributed by atoms with E-state index in [4.69, 9.17) is 4.74 Å². The first-order valence-corrected chi connectivity index (χ1v) is 14.5. The molecule has 3 aromatic carbocycles. The van der Waals surface area contributed by atoms with Gasteiger partial charge in [0.15, 0.2) is 0 Å². The van der Waals surface area contributed by atoms with Crippen LogP contribution in [0.25, 0.3) is 0 Å². The highest BCUT2D eigenvalue weighted by molar-refractivity contribution is 8.00. The van der Waals surface area contributed by atoms with E-state index in [1.165, 1.54) is 28.8 Å². The van der Waals surface area contributed by atoms with Crippen molar-refractivity contribution in [2.24, 2.45) is 5.92 Å². The number of anilines is 2.